The van der Waals surface area contributed by atoms with Crippen LogP contribution in [0, 0.1) is 12.7 Å². The molecule has 0 atom stereocenters. The lowest BCUT2D eigenvalue weighted by atomic mass is 9.82. The molecule has 1 amide bonds. The highest BCUT2D eigenvalue weighted by molar-refractivity contribution is 5.88. The molecule has 0 bridgehead atoms. The molecule has 1 saturated carbocycles. The summed E-state index contributed by atoms with van der Waals surface area (Å²) in [4.78, 5) is 15.2. The number of rotatable bonds is 5. The van der Waals surface area contributed by atoms with Gasteiger partial charge < -0.3 is 10.2 Å². The van der Waals surface area contributed by atoms with Gasteiger partial charge in [0.05, 0.1) is 11.0 Å². The maximum Gasteiger partial charge on any atom is 0.230 e. The van der Waals surface area contributed by atoms with Crippen LogP contribution < -0.4 is 5.32 Å². The van der Waals surface area contributed by atoms with Gasteiger partial charge in [-0.1, -0.05) is 12.1 Å². The average Bonchev–Trinajstić information content (AvgIpc) is 3.17. The summed E-state index contributed by atoms with van der Waals surface area (Å²) >= 11 is 0. The van der Waals surface area contributed by atoms with Crippen LogP contribution in [0.2, 0.25) is 0 Å². The van der Waals surface area contributed by atoms with Crippen LogP contribution in [0.4, 0.5) is 4.39 Å². The van der Waals surface area contributed by atoms with E-state index in [2.05, 4.69) is 10.2 Å². The van der Waals surface area contributed by atoms with Crippen LogP contribution >= 0.6 is 0 Å². The van der Waals surface area contributed by atoms with E-state index in [0.717, 1.165) is 38.0 Å². The zero-order chi connectivity index (χ0) is 16.0. The number of likely N-dealkylation sites (tertiary alicyclic amines) is 1. The van der Waals surface area contributed by atoms with Gasteiger partial charge in [0.25, 0.3) is 0 Å². The van der Waals surface area contributed by atoms with E-state index in [1.54, 1.807) is 19.1 Å². The predicted octanol–water partition coefficient (Wildman–Crippen LogP) is 2.77. The van der Waals surface area contributed by atoms with Gasteiger partial charge in [-0.25, -0.2) is 4.39 Å². The lowest BCUT2D eigenvalue weighted by molar-refractivity contribution is -0.126. The molecule has 1 aliphatic heterocycles. The minimum Gasteiger partial charge on any atom is -0.349 e. The molecule has 1 aliphatic carbocycles. The van der Waals surface area contributed by atoms with E-state index in [-0.39, 0.29) is 17.3 Å². The van der Waals surface area contributed by atoms with E-state index in [4.69, 9.17) is 0 Å². The summed E-state index contributed by atoms with van der Waals surface area (Å²) in [6, 6.07) is 4.95. The molecule has 0 radical (unpaired) electrons. The third kappa shape index (κ3) is 2.89. The molecular weight excluding hydrogens is 279 g/mol. The highest BCUT2D eigenvalue weighted by atomic mass is 19.1. The first kappa shape index (κ1) is 15.5. The molecular formula is C18H25FN2O. The van der Waals surface area contributed by atoms with Crippen molar-refractivity contribution in [2.24, 2.45) is 0 Å². The Labute approximate surface area is 131 Å². The Bertz CT molecular complexity index is 589. The Morgan fingerprint density at radius 1 is 1.36 bits per heavy atom. The summed E-state index contributed by atoms with van der Waals surface area (Å²) in [6.45, 7) is 8.83. The van der Waals surface area contributed by atoms with Crippen molar-refractivity contribution in [3.8, 4) is 0 Å². The number of benzene rings is 1. The Morgan fingerprint density at radius 3 is 2.55 bits per heavy atom. The molecule has 3 nitrogen and oxygen atoms in total. The van der Waals surface area contributed by atoms with E-state index in [0.29, 0.717) is 5.56 Å². The number of carbonyl (C=O) groups excluding carboxylic acids is 1. The summed E-state index contributed by atoms with van der Waals surface area (Å²) in [5, 5.41) is 3.26. The van der Waals surface area contributed by atoms with E-state index >= 15 is 0 Å². The van der Waals surface area contributed by atoms with Gasteiger partial charge in [0, 0.05) is 6.54 Å². The third-order valence-corrected chi connectivity index (χ3v) is 5.15. The highest BCUT2D eigenvalue weighted by Crippen LogP contribution is 2.38. The maximum absolute atomic E-state index is 13.5. The van der Waals surface area contributed by atoms with E-state index in [9.17, 15) is 9.18 Å². The largest absolute Gasteiger partial charge is 0.349 e. The van der Waals surface area contributed by atoms with Gasteiger partial charge in [-0.15, -0.1) is 0 Å². The normalized spacial score (nSPS) is 20.4. The van der Waals surface area contributed by atoms with Crippen LogP contribution in [0.5, 0.6) is 0 Å². The van der Waals surface area contributed by atoms with Crippen LogP contribution in [0.3, 0.4) is 0 Å². The van der Waals surface area contributed by atoms with Crippen LogP contribution in [0.1, 0.15) is 44.2 Å². The molecule has 1 saturated heterocycles. The second-order valence-corrected chi connectivity index (χ2v) is 7.45. The summed E-state index contributed by atoms with van der Waals surface area (Å²) < 4.78 is 13.5. The first-order valence-corrected chi connectivity index (χ1v) is 8.14. The minimum absolute atomic E-state index is 0.0240. The lowest BCUT2D eigenvalue weighted by Gasteiger charge is -2.36. The molecule has 1 aromatic rings. The van der Waals surface area contributed by atoms with E-state index in [1.807, 2.05) is 13.8 Å². The molecule has 0 aromatic heterocycles. The fraction of sp³-hybridized carbons (Fsp3) is 0.611. The third-order valence-electron chi connectivity index (χ3n) is 5.15. The Kier molecular flexibility index (Phi) is 3.76. The standard InChI is InChI=1S/C18H25FN2O/c1-13-11-14(5-6-15(13)19)17(2,3)16(22)20-18(7-8-18)12-21-9-4-10-21/h5-6,11H,4,7-10,12H2,1-3H3,(H,20,22). The number of carbonyl (C=O) groups is 1. The molecule has 3 rings (SSSR count). The van der Waals surface area contributed by atoms with Gasteiger partial charge in [0.2, 0.25) is 5.91 Å². The number of halogens is 1. The molecule has 2 fully saturated rings. The summed E-state index contributed by atoms with van der Waals surface area (Å²) in [6.07, 6.45) is 3.39. The second kappa shape index (κ2) is 5.34. The van der Waals surface area contributed by atoms with Crippen molar-refractivity contribution in [2.45, 2.75) is 51.0 Å². The fourth-order valence-corrected chi connectivity index (χ4v) is 3.00. The van der Waals surface area contributed by atoms with Crippen molar-refractivity contribution in [1.82, 2.24) is 10.2 Å². The van der Waals surface area contributed by atoms with Gasteiger partial charge in [0.1, 0.15) is 5.82 Å². The molecule has 0 spiro atoms. The molecule has 1 heterocycles. The van der Waals surface area contributed by atoms with Crippen LogP contribution in [0.25, 0.3) is 0 Å². The molecule has 1 N–H and O–H groups in total. The van der Waals surface area contributed by atoms with Crippen molar-refractivity contribution >= 4 is 5.91 Å². The molecule has 120 valence electrons. The number of aryl methyl sites for hydroxylation is 1. The zero-order valence-corrected chi connectivity index (χ0v) is 13.7. The average molecular weight is 304 g/mol. The Hall–Kier alpha value is -1.42. The molecule has 2 aliphatic rings. The fourth-order valence-electron chi connectivity index (χ4n) is 3.00. The highest BCUT2D eigenvalue weighted by Gasteiger charge is 2.48. The van der Waals surface area contributed by atoms with Crippen LogP contribution in [-0.4, -0.2) is 36.0 Å². The molecule has 1 aromatic carbocycles. The van der Waals surface area contributed by atoms with Crippen molar-refractivity contribution in [3.05, 3.63) is 35.1 Å². The zero-order valence-electron chi connectivity index (χ0n) is 13.7. The Balaban J connectivity index is 1.71. The van der Waals surface area contributed by atoms with Gasteiger partial charge >= 0.3 is 0 Å². The van der Waals surface area contributed by atoms with Crippen molar-refractivity contribution in [1.29, 1.82) is 0 Å². The number of hydrogen-bond donors (Lipinski definition) is 1. The predicted molar refractivity (Wildman–Crippen MR) is 85.3 cm³/mol. The second-order valence-electron chi connectivity index (χ2n) is 7.45. The van der Waals surface area contributed by atoms with Gasteiger partial charge in [-0.05, 0) is 70.3 Å². The van der Waals surface area contributed by atoms with E-state index in [1.165, 1.54) is 12.5 Å². The Morgan fingerprint density at radius 2 is 2.05 bits per heavy atom. The number of nitrogens with one attached hydrogen (secondary N) is 1. The van der Waals surface area contributed by atoms with Gasteiger partial charge in [-0.3, -0.25) is 4.79 Å². The topological polar surface area (TPSA) is 32.3 Å². The first-order chi connectivity index (χ1) is 10.3. The van der Waals surface area contributed by atoms with Crippen LogP contribution in [0.15, 0.2) is 18.2 Å². The monoisotopic (exact) mass is 304 g/mol. The van der Waals surface area contributed by atoms with E-state index < -0.39 is 5.41 Å². The van der Waals surface area contributed by atoms with Gasteiger partial charge in [0.15, 0.2) is 0 Å². The molecule has 4 heteroatoms. The smallest absolute Gasteiger partial charge is 0.230 e. The number of amides is 1. The quantitative estimate of drug-likeness (QED) is 0.907. The summed E-state index contributed by atoms with van der Waals surface area (Å²) in [5.41, 5.74) is 0.774. The van der Waals surface area contributed by atoms with Crippen molar-refractivity contribution < 1.29 is 9.18 Å². The summed E-state index contributed by atoms with van der Waals surface area (Å²) in [7, 11) is 0. The van der Waals surface area contributed by atoms with Gasteiger partial charge in [-0.2, -0.15) is 0 Å². The molecule has 22 heavy (non-hydrogen) atoms. The molecule has 0 unspecified atom stereocenters. The SMILES string of the molecule is Cc1cc(C(C)(C)C(=O)NC2(CN3CCC3)CC2)ccc1F. The maximum atomic E-state index is 13.5. The minimum atomic E-state index is -0.650. The summed E-state index contributed by atoms with van der Waals surface area (Å²) in [5.74, 6) is -0.187. The van der Waals surface area contributed by atoms with Crippen molar-refractivity contribution in [2.75, 3.05) is 19.6 Å². The van der Waals surface area contributed by atoms with Crippen LogP contribution in [-0.2, 0) is 10.2 Å². The number of nitrogens with zero attached hydrogens (tertiary/aromatic N) is 1. The lowest BCUT2D eigenvalue weighted by Crippen LogP contribution is -2.53. The number of hydrogen-bond acceptors (Lipinski definition) is 2. The van der Waals surface area contributed by atoms with Crippen molar-refractivity contribution in [3.63, 3.8) is 0 Å². The first-order valence-electron chi connectivity index (χ1n) is 8.14.